The molecule has 3 aliphatic rings. The van der Waals surface area contributed by atoms with Gasteiger partial charge in [0.1, 0.15) is 6.04 Å². The monoisotopic (exact) mass is 370 g/mol. The first kappa shape index (κ1) is 17.7. The minimum Gasteiger partial charge on any atom is -0.385 e. The third-order valence-corrected chi connectivity index (χ3v) is 5.13. The highest BCUT2D eigenvalue weighted by Gasteiger charge is 2.44. The molecular formula is C19H22N4O4. The first-order valence-corrected chi connectivity index (χ1v) is 9.37. The van der Waals surface area contributed by atoms with Crippen molar-refractivity contribution in [3.63, 3.8) is 0 Å². The van der Waals surface area contributed by atoms with Crippen LogP contribution in [0.2, 0.25) is 0 Å². The van der Waals surface area contributed by atoms with Crippen LogP contribution < -0.4 is 16.0 Å². The fourth-order valence-electron chi connectivity index (χ4n) is 3.50. The molecule has 142 valence electrons. The van der Waals surface area contributed by atoms with E-state index in [1.807, 2.05) is 0 Å². The second-order valence-electron chi connectivity index (χ2n) is 7.22. The molecule has 1 aromatic rings. The topological polar surface area (TPSA) is 108 Å². The lowest BCUT2D eigenvalue weighted by atomic mass is 10.0. The van der Waals surface area contributed by atoms with Crippen LogP contribution in [0.4, 0.5) is 5.69 Å². The third-order valence-electron chi connectivity index (χ3n) is 5.13. The molecule has 1 aromatic carbocycles. The normalized spacial score (nSPS) is 22.1. The van der Waals surface area contributed by atoms with Gasteiger partial charge in [-0.05, 0) is 50.4 Å². The highest BCUT2D eigenvalue weighted by atomic mass is 16.2. The number of benzene rings is 1. The molecule has 2 fully saturated rings. The summed E-state index contributed by atoms with van der Waals surface area (Å²) in [5, 5.41) is 8.90. The predicted molar refractivity (Wildman–Crippen MR) is 97.2 cm³/mol. The molecule has 2 heterocycles. The van der Waals surface area contributed by atoms with Crippen LogP contribution in [-0.4, -0.2) is 53.7 Å². The number of nitrogens with one attached hydrogen (secondary N) is 3. The quantitative estimate of drug-likeness (QED) is 0.480. The standard InChI is InChI=1S/C19H22N4O4/c24-16-7-6-15(17(25)22-16)23-18(26)13-5-4-12(10-14(13)19(23)27)21-9-1-8-20-11-2-3-11/h4-5,10-11,15,20-21H,1-3,6-9H2,(H,22,24,25). The summed E-state index contributed by atoms with van der Waals surface area (Å²) in [6.45, 7) is 1.71. The van der Waals surface area contributed by atoms with Crippen LogP contribution in [0.15, 0.2) is 18.2 Å². The number of carbonyl (C=O) groups is 4. The molecular weight excluding hydrogens is 348 g/mol. The molecule has 1 unspecified atom stereocenters. The zero-order chi connectivity index (χ0) is 19.0. The van der Waals surface area contributed by atoms with Crippen LogP contribution in [-0.2, 0) is 9.59 Å². The smallest absolute Gasteiger partial charge is 0.262 e. The molecule has 1 saturated heterocycles. The second-order valence-corrected chi connectivity index (χ2v) is 7.22. The molecule has 1 aliphatic carbocycles. The van der Waals surface area contributed by atoms with Gasteiger partial charge in [-0.1, -0.05) is 0 Å². The van der Waals surface area contributed by atoms with Gasteiger partial charge in [0.25, 0.3) is 11.8 Å². The average molecular weight is 370 g/mol. The van der Waals surface area contributed by atoms with Crippen molar-refractivity contribution in [3.05, 3.63) is 29.3 Å². The molecule has 0 radical (unpaired) electrons. The van der Waals surface area contributed by atoms with Gasteiger partial charge in [-0.2, -0.15) is 0 Å². The minimum absolute atomic E-state index is 0.117. The van der Waals surface area contributed by atoms with E-state index >= 15 is 0 Å². The summed E-state index contributed by atoms with van der Waals surface area (Å²) in [6, 6.07) is 4.81. The Labute approximate surface area is 156 Å². The Morgan fingerprint density at radius 1 is 1.00 bits per heavy atom. The van der Waals surface area contributed by atoms with Crippen molar-refractivity contribution >= 4 is 29.3 Å². The van der Waals surface area contributed by atoms with E-state index in [1.54, 1.807) is 18.2 Å². The molecule has 4 rings (SSSR count). The van der Waals surface area contributed by atoms with Crippen LogP contribution in [0, 0.1) is 0 Å². The lowest BCUT2D eigenvalue weighted by Crippen LogP contribution is -2.54. The highest BCUT2D eigenvalue weighted by Crippen LogP contribution is 2.29. The Morgan fingerprint density at radius 2 is 1.78 bits per heavy atom. The second kappa shape index (κ2) is 7.11. The largest absolute Gasteiger partial charge is 0.385 e. The first-order valence-electron chi connectivity index (χ1n) is 9.37. The maximum atomic E-state index is 12.7. The molecule has 27 heavy (non-hydrogen) atoms. The van der Waals surface area contributed by atoms with Gasteiger partial charge in [-0.25, -0.2) is 0 Å². The summed E-state index contributed by atoms with van der Waals surface area (Å²) in [6.07, 6.45) is 3.76. The van der Waals surface area contributed by atoms with Gasteiger partial charge in [0.2, 0.25) is 11.8 Å². The summed E-state index contributed by atoms with van der Waals surface area (Å²) in [5.41, 5.74) is 1.36. The third kappa shape index (κ3) is 3.57. The number of hydrogen-bond donors (Lipinski definition) is 3. The number of carbonyl (C=O) groups excluding carboxylic acids is 4. The van der Waals surface area contributed by atoms with E-state index in [1.165, 1.54) is 12.8 Å². The zero-order valence-corrected chi connectivity index (χ0v) is 14.9. The Hall–Kier alpha value is -2.74. The predicted octanol–water partition coefficient (Wildman–Crippen LogP) is 0.642. The van der Waals surface area contributed by atoms with Gasteiger partial charge in [0.05, 0.1) is 11.1 Å². The molecule has 0 bridgehead atoms. The van der Waals surface area contributed by atoms with Crippen molar-refractivity contribution in [1.29, 1.82) is 0 Å². The average Bonchev–Trinajstić information content (AvgIpc) is 3.43. The Balaban J connectivity index is 1.41. The molecule has 0 aromatic heterocycles. The summed E-state index contributed by atoms with van der Waals surface area (Å²) < 4.78 is 0. The van der Waals surface area contributed by atoms with Gasteiger partial charge in [0.15, 0.2) is 0 Å². The number of fused-ring (bicyclic) bond motifs is 1. The highest BCUT2D eigenvalue weighted by molar-refractivity contribution is 6.23. The van der Waals surface area contributed by atoms with Crippen LogP contribution >= 0.6 is 0 Å². The van der Waals surface area contributed by atoms with Gasteiger partial charge < -0.3 is 10.6 Å². The number of piperidine rings is 1. The number of hydrogen-bond acceptors (Lipinski definition) is 6. The van der Waals surface area contributed by atoms with Crippen LogP contribution in [0.25, 0.3) is 0 Å². The number of anilines is 1. The lowest BCUT2D eigenvalue weighted by Gasteiger charge is -2.27. The number of amides is 4. The van der Waals surface area contributed by atoms with Crippen molar-refractivity contribution in [1.82, 2.24) is 15.5 Å². The molecule has 0 spiro atoms. The van der Waals surface area contributed by atoms with Crippen LogP contribution in [0.3, 0.4) is 0 Å². The van der Waals surface area contributed by atoms with Crippen molar-refractivity contribution in [2.75, 3.05) is 18.4 Å². The van der Waals surface area contributed by atoms with E-state index in [-0.39, 0.29) is 18.7 Å². The maximum Gasteiger partial charge on any atom is 0.262 e. The maximum absolute atomic E-state index is 12.7. The number of imide groups is 2. The summed E-state index contributed by atoms with van der Waals surface area (Å²) >= 11 is 0. The molecule has 8 nitrogen and oxygen atoms in total. The fraction of sp³-hybridized carbons (Fsp3) is 0.474. The van der Waals surface area contributed by atoms with Gasteiger partial charge >= 0.3 is 0 Å². The molecule has 2 aliphatic heterocycles. The molecule has 4 amide bonds. The lowest BCUT2D eigenvalue weighted by molar-refractivity contribution is -0.136. The molecule has 8 heteroatoms. The van der Waals surface area contributed by atoms with E-state index in [0.717, 1.165) is 30.1 Å². The number of nitrogens with zero attached hydrogens (tertiary/aromatic N) is 1. The molecule has 3 N–H and O–H groups in total. The number of rotatable bonds is 7. The van der Waals surface area contributed by atoms with Crippen LogP contribution in [0.5, 0.6) is 0 Å². The Bertz CT molecular complexity index is 818. The van der Waals surface area contributed by atoms with E-state index in [9.17, 15) is 19.2 Å². The van der Waals surface area contributed by atoms with Gasteiger partial charge in [0, 0.05) is 24.7 Å². The zero-order valence-electron chi connectivity index (χ0n) is 14.9. The summed E-state index contributed by atoms with van der Waals surface area (Å²) in [5.74, 6) is -1.94. The van der Waals surface area contributed by atoms with Gasteiger partial charge in [-0.3, -0.25) is 29.4 Å². The van der Waals surface area contributed by atoms with E-state index in [4.69, 9.17) is 0 Å². The van der Waals surface area contributed by atoms with Crippen molar-refractivity contribution in [2.45, 2.75) is 44.2 Å². The summed E-state index contributed by atoms with van der Waals surface area (Å²) in [7, 11) is 0. The first-order chi connectivity index (χ1) is 13.0. The Kier molecular flexibility index (Phi) is 4.65. The van der Waals surface area contributed by atoms with E-state index in [0.29, 0.717) is 17.2 Å². The van der Waals surface area contributed by atoms with E-state index < -0.39 is 23.8 Å². The Morgan fingerprint density at radius 3 is 2.52 bits per heavy atom. The SMILES string of the molecule is O=C1CCC(N2C(=O)c3ccc(NCCCNC4CC4)cc3C2=O)C(=O)N1. The van der Waals surface area contributed by atoms with Crippen molar-refractivity contribution < 1.29 is 19.2 Å². The fourth-order valence-corrected chi connectivity index (χ4v) is 3.50. The van der Waals surface area contributed by atoms with Crippen molar-refractivity contribution in [3.8, 4) is 0 Å². The van der Waals surface area contributed by atoms with E-state index in [2.05, 4.69) is 16.0 Å². The van der Waals surface area contributed by atoms with Crippen molar-refractivity contribution in [2.24, 2.45) is 0 Å². The minimum atomic E-state index is -0.931. The molecule has 1 atom stereocenters. The summed E-state index contributed by atoms with van der Waals surface area (Å²) in [4.78, 5) is 49.7. The van der Waals surface area contributed by atoms with Gasteiger partial charge in [-0.15, -0.1) is 0 Å². The molecule has 1 saturated carbocycles. The van der Waals surface area contributed by atoms with Crippen LogP contribution in [0.1, 0.15) is 52.8 Å².